The van der Waals surface area contributed by atoms with Gasteiger partial charge in [-0.1, -0.05) is 0 Å². The summed E-state index contributed by atoms with van der Waals surface area (Å²) in [7, 11) is 0. The molecule has 0 amide bonds. The summed E-state index contributed by atoms with van der Waals surface area (Å²) in [5, 5.41) is 0. The molecule has 0 saturated heterocycles. The van der Waals surface area contributed by atoms with Gasteiger partial charge in [0, 0.05) is 0 Å². The molecule has 0 atom stereocenters. The van der Waals surface area contributed by atoms with Gasteiger partial charge in [0.1, 0.15) is 5.69 Å². The third-order valence-corrected chi connectivity index (χ3v) is 2.13. The molecule has 0 N–H and O–H groups in total. The van der Waals surface area contributed by atoms with E-state index in [4.69, 9.17) is 9.47 Å². The molecule has 1 heterocycles. The number of nitrogens with zero attached hydrogens (tertiary/aromatic N) is 1. The lowest BCUT2D eigenvalue weighted by atomic mass is 10.3. The van der Waals surface area contributed by atoms with Gasteiger partial charge in [-0.25, -0.2) is 4.98 Å². The molecule has 0 spiro atoms. The van der Waals surface area contributed by atoms with Gasteiger partial charge in [-0.2, -0.15) is 0 Å². The van der Waals surface area contributed by atoms with Gasteiger partial charge in [-0.15, -0.1) is 0 Å². The molecular formula is C12H15NO3. The second-order valence-electron chi connectivity index (χ2n) is 4.14. The van der Waals surface area contributed by atoms with Gasteiger partial charge in [0.15, 0.2) is 12.0 Å². The van der Waals surface area contributed by atoms with Gasteiger partial charge >= 0.3 is 0 Å². The molecule has 1 fully saturated rings. The van der Waals surface area contributed by atoms with Crippen LogP contribution in [0.1, 0.15) is 37.2 Å². The van der Waals surface area contributed by atoms with Crippen LogP contribution in [-0.4, -0.2) is 23.5 Å². The van der Waals surface area contributed by atoms with Crippen molar-refractivity contribution in [3.05, 3.63) is 17.8 Å². The van der Waals surface area contributed by atoms with Crippen LogP contribution in [0.4, 0.5) is 0 Å². The molecular weight excluding hydrogens is 206 g/mol. The Morgan fingerprint density at radius 1 is 1.44 bits per heavy atom. The summed E-state index contributed by atoms with van der Waals surface area (Å²) < 4.78 is 11.2. The van der Waals surface area contributed by atoms with Crippen LogP contribution in [0.15, 0.2) is 12.1 Å². The highest BCUT2D eigenvalue weighted by Gasteiger charge is 2.25. The first-order valence-electron chi connectivity index (χ1n) is 5.48. The predicted molar refractivity (Wildman–Crippen MR) is 59.0 cm³/mol. The van der Waals surface area contributed by atoms with Crippen LogP contribution >= 0.6 is 0 Å². The van der Waals surface area contributed by atoms with E-state index in [0.29, 0.717) is 29.7 Å². The standard InChI is InChI=1S/C12H15NO3/c1-8(2)15-12-11(16-10-4-5-10)6-3-9(7-14)13-12/h3,6-8,10H,4-5H2,1-2H3. The molecule has 0 unspecified atom stereocenters. The van der Waals surface area contributed by atoms with Crippen molar-refractivity contribution < 1.29 is 14.3 Å². The molecule has 86 valence electrons. The van der Waals surface area contributed by atoms with Crippen LogP contribution in [0.5, 0.6) is 11.6 Å². The summed E-state index contributed by atoms with van der Waals surface area (Å²) in [6.45, 7) is 3.83. The first-order chi connectivity index (χ1) is 7.69. The Balaban J connectivity index is 2.22. The minimum atomic E-state index is 0.0101. The maximum Gasteiger partial charge on any atom is 0.257 e. The van der Waals surface area contributed by atoms with Crippen LogP contribution < -0.4 is 9.47 Å². The monoisotopic (exact) mass is 221 g/mol. The van der Waals surface area contributed by atoms with E-state index in [9.17, 15) is 4.79 Å². The van der Waals surface area contributed by atoms with E-state index >= 15 is 0 Å². The zero-order chi connectivity index (χ0) is 11.5. The van der Waals surface area contributed by atoms with Crippen LogP contribution in [0.2, 0.25) is 0 Å². The summed E-state index contributed by atoms with van der Waals surface area (Å²) in [6.07, 6.45) is 3.16. The van der Waals surface area contributed by atoms with E-state index in [1.807, 2.05) is 13.8 Å². The highest BCUT2D eigenvalue weighted by atomic mass is 16.5. The molecule has 1 saturated carbocycles. The molecule has 4 nitrogen and oxygen atoms in total. The summed E-state index contributed by atoms with van der Waals surface area (Å²) in [6, 6.07) is 3.38. The van der Waals surface area contributed by atoms with Crippen molar-refractivity contribution in [2.75, 3.05) is 0 Å². The van der Waals surface area contributed by atoms with E-state index in [-0.39, 0.29) is 6.10 Å². The van der Waals surface area contributed by atoms with Crippen molar-refractivity contribution in [2.24, 2.45) is 0 Å². The molecule has 16 heavy (non-hydrogen) atoms. The Morgan fingerprint density at radius 3 is 2.75 bits per heavy atom. The van der Waals surface area contributed by atoms with E-state index in [1.165, 1.54) is 0 Å². The molecule has 1 aromatic heterocycles. The number of aromatic nitrogens is 1. The number of aldehydes is 1. The molecule has 4 heteroatoms. The molecule has 1 aromatic rings. The van der Waals surface area contributed by atoms with E-state index in [2.05, 4.69) is 4.98 Å². The number of pyridine rings is 1. The summed E-state index contributed by atoms with van der Waals surface area (Å²) in [5.74, 6) is 1.04. The number of carbonyl (C=O) groups excluding carboxylic acids is 1. The lowest BCUT2D eigenvalue weighted by Gasteiger charge is -2.13. The van der Waals surface area contributed by atoms with Gasteiger partial charge in [0.25, 0.3) is 5.88 Å². The number of rotatable bonds is 5. The van der Waals surface area contributed by atoms with Crippen LogP contribution in [0, 0.1) is 0 Å². The smallest absolute Gasteiger partial charge is 0.257 e. The Kier molecular flexibility index (Phi) is 3.08. The van der Waals surface area contributed by atoms with Crippen molar-refractivity contribution in [3.8, 4) is 11.6 Å². The van der Waals surface area contributed by atoms with Crippen LogP contribution in [0.3, 0.4) is 0 Å². The number of carbonyl (C=O) groups is 1. The lowest BCUT2D eigenvalue weighted by Crippen LogP contribution is -2.10. The number of ether oxygens (including phenoxy) is 2. The molecule has 2 rings (SSSR count). The normalized spacial score (nSPS) is 14.9. The highest BCUT2D eigenvalue weighted by Crippen LogP contribution is 2.32. The predicted octanol–water partition coefficient (Wildman–Crippen LogP) is 2.22. The Morgan fingerprint density at radius 2 is 2.19 bits per heavy atom. The number of hydrogen-bond acceptors (Lipinski definition) is 4. The minimum Gasteiger partial charge on any atom is -0.485 e. The first kappa shape index (κ1) is 10.9. The lowest BCUT2D eigenvalue weighted by molar-refractivity contribution is 0.111. The average Bonchev–Trinajstić information content (AvgIpc) is 3.03. The third kappa shape index (κ3) is 2.72. The van der Waals surface area contributed by atoms with Crippen molar-refractivity contribution in [1.29, 1.82) is 0 Å². The van der Waals surface area contributed by atoms with Crippen LogP contribution in [-0.2, 0) is 0 Å². The summed E-state index contributed by atoms with van der Waals surface area (Å²) in [4.78, 5) is 14.7. The van der Waals surface area contributed by atoms with Crippen molar-refractivity contribution in [2.45, 2.75) is 38.9 Å². The van der Waals surface area contributed by atoms with E-state index in [1.54, 1.807) is 12.1 Å². The van der Waals surface area contributed by atoms with E-state index < -0.39 is 0 Å². The van der Waals surface area contributed by atoms with Gasteiger partial charge < -0.3 is 9.47 Å². The Hall–Kier alpha value is -1.58. The fourth-order valence-corrected chi connectivity index (χ4v) is 1.27. The van der Waals surface area contributed by atoms with E-state index in [0.717, 1.165) is 12.8 Å². The summed E-state index contributed by atoms with van der Waals surface area (Å²) >= 11 is 0. The molecule has 0 bridgehead atoms. The molecule has 1 aliphatic carbocycles. The Bertz CT molecular complexity index is 386. The Labute approximate surface area is 94.6 Å². The minimum absolute atomic E-state index is 0.0101. The van der Waals surface area contributed by atoms with Gasteiger partial charge in [-0.05, 0) is 38.8 Å². The second-order valence-corrected chi connectivity index (χ2v) is 4.14. The molecule has 0 radical (unpaired) electrons. The van der Waals surface area contributed by atoms with Crippen molar-refractivity contribution in [1.82, 2.24) is 4.98 Å². The summed E-state index contributed by atoms with van der Waals surface area (Å²) in [5.41, 5.74) is 0.360. The van der Waals surface area contributed by atoms with Gasteiger partial charge in [0.2, 0.25) is 0 Å². The molecule has 0 aliphatic heterocycles. The maximum atomic E-state index is 10.6. The second kappa shape index (κ2) is 4.51. The zero-order valence-electron chi connectivity index (χ0n) is 9.47. The van der Waals surface area contributed by atoms with Gasteiger partial charge in [0.05, 0.1) is 12.2 Å². The zero-order valence-corrected chi connectivity index (χ0v) is 9.47. The third-order valence-electron chi connectivity index (χ3n) is 2.13. The van der Waals surface area contributed by atoms with Gasteiger partial charge in [-0.3, -0.25) is 4.79 Å². The molecule has 1 aliphatic rings. The SMILES string of the molecule is CC(C)Oc1nc(C=O)ccc1OC1CC1. The quantitative estimate of drug-likeness (QED) is 0.715. The van der Waals surface area contributed by atoms with Crippen LogP contribution in [0.25, 0.3) is 0 Å². The fourth-order valence-electron chi connectivity index (χ4n) is 1.27. The van der Waals surface area contributed by atoms with Crippen molar-refractivity contribution >= 4 is 6.29 Å². The molecule has 0 aromatic carbocycles. The fraction of sp³-hybridized carbons (Fsp3) is 0.500. The topological polar surface area (TPSA) is 48.4 Å². The highest BCUT2D eigenvalue weighted by molar-refractivity contribution is 5.72. The van der Waals surface area contributed by atoms with Crippen molar-refractivity contribution in [3.63, 3.8) is 0 Å². The first-order valence-corrected chi connectivity index (χ1v) is 5.48. The largest absolute Gasteiger partial charge is 0.485 e. The average molecular weight is 221 g/mol. The number of hydrogen-bond donors (Lipinski definition) is 0. The maximum absolute atomic E-state index is 10.6.